The van der Waals surface area contributed by atoms with Gasteiger partial charge in [0.05, 0.1) is 6.54 Å². The van der Waals surface area contributed by atoms with Crippen LogP contribution in [-0.4, -0.2) is 49.6 Å². The maximum atomic E-state index is 11.3. The van der Waals surface area contributed by atoms with Crippen LogP contribution in [0, 0.1) is 5.92 Å². The Hall–Kier alpha value is -0.610. The molecule has 2 N–H and O–H groups in total. The van der Waals surface area contributed by atoms with Gasteiger partial charge in [0.15, 0.2) is 0 Å². The molecule has 1 amide bonds. The fourth-order valence-electron chi connectivity index (χ4n) is 2.64. The highest BCUT2D eigenvalue weighted by Crippen LogP contribution is 2.32. The molecule has 0 radical (unpaired) electrons. The van der Waals surface area contributed by atoms with E-state index in [1.54, 1.807) is 7.05 Å². The van der Waals surface area contributed by atoms with Gasteiger partial charge in [-0.3, -0.25) is 9.69 Å². The van der Waals surface area contributed by atoms with Gasteiger partial charge < -0.3 is 10.6 Å². The lowest BCUT2D eigenvalue weighted by atomic mass is 10.0. The van der Waals surface area contributed by atoms with Gasteiger partial charge in [-0.1, -0.05) is 0 Å². The number of amides is 1. The van der Waals surface area contributed by atoms with E-state index in [1.165, 1.54) is 25.7 Å². The molecule has 0 bridgehead atoms. The van der Waals surface area contributed by atoms with Crippen molar-refractivity contribution in [3.63, 3.8) is 0 Å². The predicted octanol–water partition coefficient (Wildman–Crippen LogP) is 0.585. The molecule has 1 heterocycles. The first-order valence-corrected chi connectivity index (χ1v) is 6.88. The van der Waals surface area contributed by atoms with E-state index < -0.39 is 0 Å². The normalized spacial score (nSPS) is 24.6. The SMILES string of the molecule is CNC(=O)CN1CCC(NC(C)C2CC2)CC1. The van der Waals surface area contributed by atoms with E-state index in [4.69, 9.17) is 0 Å². The van der Waals surface area contributed by atoms with E-state index in [-0.39, 0.29) is 5.91 Å². The van der Waals surface area contributed by atoms with Gasteiger partial charge in [-0.25, -0.2) is 0 Å². The minimum atomic E-state index is 0.128. The summed E-state index contributed by atoms with van der Waals surface area (Å²) in [6, 6.07) is 1.34. The first-order chi connectivity index (χ1) is 8.19. The minimum Gasteiger partial charge on any atom is -0.358 e. The first-order valence-electron chi connectivity index (χ1n) is 6.88. The van der Waals surface area contributed by atoms with Gasteiger partial charge in [0.2, 0.25) is 5.91 Å². The highest BCUT2D eigenvalue weighted by molar-refractivity contribution is 5.77. The van der Waals surface area contributed by atoms with Crippen LogP contribution in [0.5, 0.6) is 0 Å². The van der Waals surface area contributed by atoms with Gasteiger partial charge >= 0.3 is 0 Å². The molecule has 1 aliphatic carbocycles. The van der Waals surface area contributed by atoms with E-state index in [0.717, 1.165) is 19.0 Å². The Morgan fingerprint density at radius 3 is 2.47 bits per heavy atom. The number of piperidine rings is 1. The molecule has 1 saturated carbocycles. The van der Waals surface area contributed by atoms with E-state index in [0.29, 0.717) is 18.6 Å². The van der Waals surface area contributed by atoms with Gasteiger partial charge in [0, 0.05) is 32.2 Å². The van der Waals surface area contributed by atoms with Gasteiger partial charge in [-0.15, -0.1) is 0 Å². The molecule has 17 heavy (non-hydrogen) atoms. The van der Waals surface area contributed by atoms with Crippen LogP contribution in [-0.2, 0) is 4.79 Å². The quantitative estimate of drug-likeness (QED) is 0.738. The summed E-state index contributed by atoms with van der Waals surface area (Å²) in [5.74, 6) is 1.06. The van der Waals surface area contributed by atoms with Gasteiger partial charge in [0.1, 0.15) is 0 Å². The summed E-state index contributed by atoms with van der Waals surface area (Å²) in [6.07, 6.45) is 5.16. The summed E-state index contributed by atoms with van der Waals surface area (Å²) in [4.78, 5) is 13.5. The Balaban J connectivity index is 1.65. The molecule has 0 aromatic carbocycles. The van der Waals surface area contributed by atoms with Gasteiger partial charge in [0.25, 0.3) is 0 Å². The number of rotatable bonds is 5. The number of nitrogens with zero attached hydrogens (tertiary/aromatic N) is 1. The monoisotopic (exact) mass is 239 g/mol. The van der Waals surface area contributed by atoms with Crippen LogP contribution in [0.15, 0.2) is 0 Å². The number of nitrogens with one attached hydrogen (secondary N) is 2. The van der Waals surface area contributed by atoms with E-state index in [2.05, 4.69) is 22.5 Å². The number of hydrogen-bond donors (Lipinski definition) is 2. The van der Waals surface area contributed by atoms with Crippen molar-refractivity contribution in [2.24, 2.45) is 5.92 Å². The first kappa shape index (κ1) is 12.8. The molecule has 0 spiro atoms. The Bertz CT molecular complexity index is 257. The van der Waals surface area contributed by atoms with Crippen LogP contribution in [0.1, 0.15) is 32.6 Å². The molecule has 98 valence electrons. The van der Waals surface area contributed by atoms with Crippen molar-refractivity contribution in [1.29, 1.82) is 0 Å². The van der Waals surface area contributed by atoms with Crippen LogP contribution in [0.2, 0.25) is 0 Å². The largest absolute Gasteiger partial charge is 0.358 e. The van der Waals surface area contributed by atoms with Crippen LogP contribution in [0.4, 0.5) is 0 Å². The summed E-state index contributed by atoms with van der Waals surface area (Å²) >= 11 is 0. The topological polar surface area (TPSA) is 44.4 Å². The summed E-state index contributed by atoms with van der Waals surface area (Å²) in [7, 11) is 1.70. The predicted molar refractivity (Wildman–Crippen MR) is 68.9 cm³/mol. The summed E-state index contributed by atoms with van der Waals surface area (Å²) < 4.78 is 0. The molecular weight excluding hydrogens is 214 g/mol. The van der Waals surface area contributed by atoms with E-state index in [9.17, 15) is 4.79 Å². The highest BCUT2D eigenvalue weighted by Gasteiger charge is 2.30. The smallest absolute Gasteiger partial charge is 0.233 e. The van der Waals surface area contributed by atoms with Crippen molar-refractivity contribution in [2.45, 2.75) is 44.7 Å². The second kappa shape index (κ2) is 5.83. The Kier molecular flexibility index (Phi) is 4.40. The van der Waals surface area contributed by atoms with Crippen LogP contribution in [0.3, 0.4) is 0 Å². The maximum Gasteiger partial charge on any atom is 0.233 e. The third-order valence-electron chi connectivity index (χ3n) is 4.06. The van der Waals surface area contributed by atoms with Crippen LogP contribution >= 0.6 is 0 Å². The molecule has 1 saturated heterocycles. The zero-order valence-electron chi connectivity index (χ0n) is 11.0. The summed E-state index contributed by atoms with van der Waals surface area (Å²) in [6.45, 7) is 4.96. The minimum absolute atomic E-state index is 0.128. The van der Waals surface area contributed by atoms with Crippen molar-refractivity contribution >= 4 is 5.91 Å². The Morgan fingerprint density at radius 1 is 1.29 bits per heavy atom. The van der Waals surface area contributed by atoms with Crippen molar-refractivity contribution in [1.82, 2.24) is 15.5 Å². The molecular formula is C13H25N3O. The lowest BCUT2D eigenvalue weighted by Gasteiger charge is -2.33. The second-order valence-electron chi connectivity index (χ2n) is 5.52. The summed E-state index contributed by atoms with van der Waals surface area (Å²) in [5.41, 5.74) is 0. The zero-order valence-corrected chi connectivity index (χ0v) is 11.0. The number of carbonyl (C=O) groups excluding carboxylic acids is 1. The second-order valence-corrected chi connectivity index (χ2v) is 5.52. The summed E-state index contributed by atoms with van der Waals surface area (Å²) in [5, 5.41) is 6.42. The van der Waals surface area contributed by atoms with Crippen LogP contribution < -0.4 is 10.6 Å². The molecule has 0 aromatic heterocycles. The third-order valence-corrected chi connectivity index (χ3v) is 4.06. The fourth-order valence-corrected chi connectivity index (χ4v) is 2.64. The number of carbonyl (C=O) groups is 1. The van der Waals surface area contributed by atoms with Crippen molar-refractivity contribution in [2.75, 3.05) is 26.7 Å². The Morgan fingerprint density at radius 2 is 1.94 bits per heavy atom. The average Bonchev–Trinajstić information content (AvgIpc) is 3.15. The third kappa shape index (κ3) is 3.96. The molecule has 4 heteroatoms. The Labute approximate surface area is 104 Å². The van der Waals surface area contributed by atoms with Gasteiger partial charge in [-0.2, -0.15) is 0 Å². The molecule has 2 aliphatic rings. The molecule has 0 aromatic rings. The van der Waals surface area contributed by atoms with Crippen molar-refractivity contribution < 1.29 is 4.79 Å². The maximum absolute atomic E-state index is 11.3. The molecule has 1 unspecified atom stereocenters. The number of hydrogen-bond acceptors (Lipinski definition) is 3. The van der Waals surface area contributed by atoms with E-state index >= 15 is 0 Å². The molecule has 1 aliphatic heterocycles. The fraction of sp³-hybridized carbons (Fsp3) is 0.923. The molecule has 2 rings (SSSR count). The highest BCUT2D eigenvalue weighted by atomic mass is 16.1. The number of likely N-dealkylation sites (tertiary alicyclic amines) is 1. The van der Waals surface area contributed by atoms with Crippen molar-refractivity contribution in [3.8, 4) is 0 Å². The standard InChI is InChI=1S/C13H25N3O/c1-10(11-3-4-11)15-12-5-7-16(8-6-12)9-13(17)14-2/h10-12,15H,3-9H2,1-2H3,(H,14,17). The van der Waals surface area contributed by atoms with Crippen molar-refractivity contribution in [3.05, 3.63) is 0 Å². The zero-order chi connectivity index (χ0) is 12.3. The average molecular weight is 239 g/mol. The lowest BCUT2D eigenvalue weighted by molar-refractivity contribution is -0.122. The molecule has 1 atom stereocenters. The van der Waals surface area contributed by atoms with Crippen LogP contribution in [0.25, 0.3) is 0 Å². The number of likely N-dealkylation sites (N-methyl/N-ethyl adjacent to an activating group) is 1. The lowest BCUT2D eigenvalue weighted by Crippen LogP contribution is -2.48. The van der Waals surface area contributed by atoms with Gasteiger partial charge in [-0.05, 0) is 38.5 Å². The molecule has 4 nitrogen and oxygen atoms in total. The molecule has 2 fully saturated rings. The van der Waals surface area contributed by atoms with E-state index in [1.807, 2.05) is 0 Å².